The predicted octanol–water partition coefficient (Wildman–Crippen LogP) is 2.35. The van der Waals surface area contributed by atoms with Crippen LogP contribution in [0.1, 0.15) is 6.42 Å². The van der Waals surface area contributed by atoms with Gasteiger partial charge in [-0.25, -0.2) is 9.97 Å². The van der Waals surface area contributed by atoms with Gasteiger partial charge < -0.3 is 9.80 Å². The molecule has 2 aromatic rings. The van der Waals surface area contributed by atoms with Crippen molar-refractivity contribution in [2.24, 2.45) is 0 Å². The number of thiophene rings is 1. The van der Waals surface area contributed by atoms with Gasteiger partial charge in [-0.05, 0) is 31.5 Å². The summed E-state index contributed by atoms with van der Waals surface area (Å²) in [7, 11) is 2.18. The Bertz CT molecular complexity index is 526. The Morgan fingerprint density at radius 2 is 2.11 bits per heavy atom. The van der Waals surface area contributed by atoms with E-state index in [2.05, 4.69) is 50.4 Å². The number of hydrogen-bond acceptors (Lipinski definition) is 5. The average molecular weight is 274 g/mol. The second-order valence-corrected chi connectivity index (χ2v) is 5.83. The van der Waals surface area contributed by atoms with Crippen molar-refractivity contribution >= 4 is 17.2 Å². The second-order valence-electron chi connectivity index (χ2n) is 4.88. The number of anilines is 1. The van der Waals surface area contributed by atoms with Crippen molar-refractivity contribution in [3.63, 3.8) is 0 Å². The first-order chi connectivity index (χ1) is 9.33. The maximum atomic E-state index is 4.44. The van der Waals surface area contributed by atoms with Gasteiger partial charge in [-0.3, -0.25) is 0 Å². The van der Waals surface area contributed by atoms with Crippen LogP contribution in [0.5, 0.6) is 0 Å². The van der Waals surface area contributed by atoms with Gasteiger partial charge in [0.1, 0.15) is 12.1 Å². The zero-order valence-corrected chi connectivity index (χ0v) is 11.9. The van der Waals surface area contributed by atoms with Crippen LogP contribution in [-0.2, 0) is 0 Å². The summed E-state index contributed by atoms with van der Waals surface area (Å²) in [5.41, 5.74) is 1.03. The van der Waals surface area contributed by atoms with Crippen molar-refractivity contribution in [2.75, 3.05) is 38.1 Å². The van der Waals surface area contributed by atoms with E-state index in [9.17, 15) is 0 Å². The SMILES string of the molecule is CN1CCCN(c2cc(-c3cccs3)ncn2)CC1. The molecule has 3 heterocycles. The highest BCUT2D eigenvalue weighted by atomic mass is 32.1. The summed E-state index contributed by atoms with van der Waals surface area (Å²) >= 11 is 1.72. The molecule has 0 unspecified atom stereocenters. The van der Waals surface area contributed by atoms with Crippen LogP contribution in [0.15, 0.2) is 29.9 Å². The quantitative estimate of drug-likeness (QED) is 0.841. The number of rotatable bonds is 2. The minimum Gasteiger partial charge on any atom is -0.355 e. The highest BCUT2D eigenvalue weighted by Gasteiger charge is 2.14. The lowest BCUT2D eigenvalue weighted by Crippen LogP contribution is -2.29. The lowest BCUT2D eigenvalue weighted by atomic mass is 10.3. The molecule has 0 bridgehead atoms. The smallest absolute Gasteiger partial charge is 0.132 e. The fourth-order valence-electron chi connectivity index (χ4n) is 2.35. The van der Waals surface area contributed by atoms with Crippen LogP contribution in [0, 0.1) is 0 Å². The van der Waals surface area contributed by atoms with E-state index in [-0.39, 0.29) is 0 Å². The summed E-state index contributed by atoms with van der Waals surface area (Å²) in [4.78, 5) is 14.8. The molecule has 4 nitrogen and oxygen atoms in total. The Morgan fingerprint density at radius 1 is 1.16 bits per heavy atom. The molecular formula is C14H18N4S. The summed E-state index contributed by atoms with van der Waals surface area (Å²) in [5.74, 6) is 1.05. The lowest BCUT2D eigenvalue weighted by Gasteiger charge is -2.21. The summed E-state index contributed by atoms with van der Waals surface area (Å²) in [6.45, 7) is 4.38. The standard InChI is InChI=1S/C14H18N4S/c1-17-5-3-6-18(8-7-17)14-10-12(15-11-16-14)13-4-2-9-19-13/h2,4,9-11H,3,5-8H2,1H3. The largest absolute Gasteiger partial charge is 0.355 e. The highest BCUT2D eigenvalue weighted by molar-refractivity contribution is 7.13. The van der Waals surface area contributed by atoms with Gasteiger partial charge in [0.2, 0.25) is 0 Å². The predicted molar refractivity (Wildman–Crippen MR) is 79.7 cm³/mol. The van der Waals surface area contributed by atoms with Crippen molar-refractivity contribution < 1.29 is 0 Å². The zero-order chi connectivity index (χ0) is 13.1. The van der Waals surface area contributed by atoms with Gasteiger partial charge in [0.25, 0.3) is 0 Å². The van der Waals surface area contributed by atoms with Crippen molar-refractivity contribution in [3.8, 4) is 10.6 Å². The molecule has 19 heavy (non-hydrogen) atoms. The Kier molecular flexibility index (Phi) is 3.75. The maximum absolute atomic E-state index is 4.44. The minimum absolute atomic E-state index is 1.03. The van der Waals surface area contributed by atoms with Crippen molar-refractivity contribution in [1.82, 2.24) is 14.9 Å². The average Bonchev–Trinajstić information content (AvgIpc) is 2.89. The fraction of sp³-hybridized carbons (Fsp3) is 0.429. The molecule has 0 saturated carbocycles. The molecule has 1 fully saturated rings. The Morgan fingerprint density at radius 3 is 2.95 bits per heavy atom. The first kappa shape index (κ1) is 12.6. The summed E-state index contributed by atoms with van der Waals surface area (Å²) in [6, 6.07) is 6.27. The van der Waals surface area contributed by atoms with E-state index < -0.39 is 0 Å². The van der Waals surface area contributed by atoms with E-state index in [4.69, 9.17) is 0 Å². The van der Waals surface area contributed by atoms with E-state index in [0.717, 1.165) is 31.1 Å². The Hall–Kier alpha value is -1.46. The highest BCUT2D eigenvalue weighted by Crippen LogP contribution is 2.25. The summed E-state index contributed by atoms with van der Waals surface area (Å²) in [6.07, 6.45) is 2.87. The van der Waals surface area contributed by atoms with Crippen molar-refractivity contribution in [3.05, 3.63) is 29.9 Å². The Balaban J connectivity index is 1.83. The molecule has 100 valence electrons. The van der Waals surface area contributed by atoms with Crippen LogP contribution in [0.4, 0.5) is 5.82 Å². The third-order valence-corrected chi connectivity index (χ3v) is 4.36. The molecule has 0 radical (unpaired) electrons. The number of likely N-dealkylation sites (N-methyl/N-ethyl adjacent to an activating group) is 1. The van der Waals surface area contributed by atoms with Gasteiger partial charge >= 0.3 is 0 Å². The molecule has 0 spiro atoms. The molecule has 1 aliphatic rings. The van der Waals surface area contributed by atoms with Gasteiger partial charge in [0.05, 0.1) is 10.6 Å². The maximum Gasteiger partial charge on any atom is 0.132 e. The molecular weight excluding hydrogens is 256 g/mol. The molecule has 0 aliphatic carbocycles. The molecule has 1 saturated heterocycles. The van der Waals surface area contributed by atoms with Crippen LogP contribution >= 0.6 is 11.3 Å². The molecule has 2 aromatic heterocycles. The van der Waals surface area contributed by atoms with Gasteiger partial charge in [-0.1, -0.05) is 6.07 Å². The minimum atomic E-state index is 1.03. The number of hydrogen-bond donors (Lipinski definition) is 0. The van der Waals surface area contributed by atoms with E-state index in [0.29, 0.717) is 0 Å². The third-order valence-electron chi connectivity index (χ3n) is 3.47. The normalized spacial score (nSPS) is 17.4. The van der Waals surface area contributed by atoms with E-state index in [1.54, 1.807) is 17.7 Å². The van der Waals surface area contributed by atoms with Gasteiger partial charge in [0, 0.05) is 25.7 Å². The van der Waals surface area contributed by atoms with Crippen LogP contribution in [0.3, 0.4) is 0 Å². The number of aromatic nitrogens is 2. The molecule has 0 N–H and O–H groups in total. The Labute approximate surface area is 117 Å². The molecule has 5 heteroatoms. The van der Waals surface area contributed by atoms with Crippen LogP contribution < -0.4 is 4.90 Å². The first-order valence-electron chi connectivity index (χ1n) is 6.62. The molecule has 3 rings (SSSR count). The number of nitrogens with zero attached hydrogens (tertiary/aromatic N) is 4. The van der Waals surface area contributed by atoms with Crippen LogP contribution in [-0.4, -0.2) is 48.1 Å². The summed E-state index contributed by atoms with van der Waals surface area (Å²) < 4.78 is 0. The van der Waals surface area contributed by atoms with Crippen molar-refractivity contribution in [1.29, 1.82) is 0 Å². The third kappa shape index (κ3) is 2.93. The van der Waals surface area contributed by atoms with Crippen molar-refractivity contribution in [2.45, 2.75) is 6.42 Å². The molecule has 0 atom stereocenters. The topological polar surface area (TPSA) is 32.3 Å². The van der Waals surface area contributed by atoms with E-state index in [1.807, 2.05) is 0 Å². The van der Waals surface area contributed by atoms with Gasteiger partial charge in [-0.15, -0.1) is 11.3 Å². The van der Waals surface area contributed by atoms with Gasteiger partial charge in [-0.2, -0.15) is 0 Å². The van der Waals surface area contributed by atoms with Gasteiger partial charge in [0.15, 0.2) is 0 Å². The molecule has 1 aliphatic heterocycles. The lowest BCUT2D eigenvalue weighted by molar-refractivity contribution is 0.360. The first-order valence-corrected chi connectivity index (χ1v) is 7.50. The van der Waals surface area contributed by atoms with E-state index in [1.165, 1.54) is 17.8 Å². The fourth-order valence-corrected chi connectivity index (χ4v) is 3.05. The van der Waals surface area contributed by atoms with Crippen LogP contribution in [0.25, 0.3) is 10.6 Å². The monoisotopic (exact) mass is 274 g/mol. The molecule has 0 amide bonds. The zero-order valence-electron chi connectivity index (χ0n) is 11.1. The van der Waals surface area contributed by atoms with E-state index >= 15 is 0 Å². The summed E-state index contributed by atoms with van der Waals surface area (Å²) in [5, 5.41) is 2.08. The van der Waals surface area contributed by atoms with Crippen LogP contribution in [0.2, 0.25) is 0 Å². The molecule has 0 aromatic carbocycles. The second kappa shape index (κ2) is 5.67.